The molecule has 1 saturated heterocycles. The molecule has 0 aliphatic carbocycles. The van der Waals surface area contributed by atoms with Crippen molar-refractivity contribution in [3.63, 3.8) is 0 Å². The lowest BCUT2D eigenvalue weighted by Crippen LogP contribution is -2.21. The number of likely N-dealkylation sites (N-methyl/N-ethyl adjacent to an activating group) is 1. The number of nitrogens with one attached hydrogen (secondary N) is 1. The Balaban J connectivity index is 1.34. The maximum absolute atomic E-state index is 13.2. The quantitative estimate of drug-likeness (QED) is 0.205. The minimum Gasteiger partial charge on any atom is -0.487 e. The van der Waals surface area contributed by atoms with Gasteiger partial charge in [0.25, 0.3) is 10.0 Å². The molecule has 1 aromatic heterocycles. The van der Waals surface area contributed by atoms with Gasteiger partial charge in [0, 0.05) is 42.3 Å². The molecule has 5 rings (SSSR count). The van der Waals surface area contributed by atoms with Gasteiger partial charge < -0.3 is 18.9 Å². The molecule has 0 spiro atoms. The molecule has 11 heteroatoms. The molecule has 1 unspecified atom stereocenters. The summed E-state index contributed by atoms with van der Waals surface area (Å²) >= 11 is 12.6. The number of carbonyl (C=O) groups excluding carboxylic acids is 1. The Labute approximate surface area is 255 Å². The number of likely N-dealkylation sites (tertiary alicyclic amines) is 1. The van der Waals surface area contributed by atoms with Crippen molar-refractivity contribution in [3.8, 4) is 22.6 Å². The lowest BCUT2D eigenvalue weighted by atomic mass is 9.95. The van der Waals surface area contributed by atoms with E-state index in [4.69, 9.17) is 32.7 Å². The van der Waals surface area contributed by atoms with E-state index in [-0.39, 0.29) is 17.6 Å². The lowest BCUT2D eigenvalue weighted by molar-refractivity contribution is 0.0526. The highest BCUT2D eigenvalue weighted by molar-refractivity contribution is 7.92. The van der Waals surface area contributed by atoms with Crippen molar-refractivity contribution < 1.29 is 22.7 Å². The standard InChI is InChI=1S/C31H31Cl2N3O5S/c1-4-40-31(37)30-20(2)27(32)12-10-26(30)21-5-8-23(9-6-21)36-16-14-25(19-36)42(38,39)34-22-7-11-28(33)29(17-22)41-24-13-15-35(3)18-24/h5-12,14,16-17,19,24,34H,4,13,15,18H2,1-3H3. The van der Waals surface area contributed by atoms with Crippen LogP contribution >= 0.6 is 23.2 Å². The zero-order valence-corrected chi connectivity index (χ0v) is 25.8. The number of hydrogen-bond donors (Lipinski definition) is 1. The van der Waals surface area contributed by atoms with Crippen molar-refractivity contribution >= 4 is 44.9 Å². The lowest BCUT2D eigenvalue weighted by Gasteiger charge is -2.16. The summed E-state index contributed by atoms with van der Waals surface area (Å²) < 4.78 is 42.1. The van der Waals surface area contributed by atoms with Crippen LogP contribution in [0.15, 0.2) is 78.0 Å². The van der Waals surface area contributed by atoms with E-state index in [1.54, 1.807) is 54.9 Å². The summed E-state index contributed by atoms with van der Waals surface area (Å²) in [4.78, 5) is 15.0. The summed E-state index contributed by atoms with van der Waals surface area (Å²) in [5.74, 6) is 0.00617. The van der Waals surface area contributed by atoms with Crippen molar-refractivity contribution in [1.29, 1.82) is 0 Å². The van der Waals surface area contributed by atoms with Crippen molar-refractivity contribution in [3.05, 3.63) is 94.2 Å². The van der Waals surface area contributed by atoms with Crippen molar-refractivity contribution in [2.75, 3.05) is 31.5 Å². The highest BCUT2D eigenvalue weighted by atomic mass is 35.5. The number of esters is 1. The highest BCUT2D eigenvalue weighted by Gasteiger charge is 2.23. The molecule has 1 fully saturated rings. The maximum Gasteiger partial charge on any atom is 0.339 e. The summed E-state index contributed by atoms with van der Waals surface area (Å²) in [5, 5.41) is 0.905. The van der Waals surface area contributed by atoms with Crippen LogP contribution in [0.5, 0.6) is 5.75 Å². The predicted molar refractivity (Wildman–Crippen MR) is 166 cm³/mol. The summed E-state index contributed by atoms with van der Waals surface area (Å²) in [6.45, 7) is 5.51. The number of carbonyl (C=O) groups is 1. The molecule has 0 radical (unpaired) electrons. The third-order valence-electron chi connectivity index (χ3n) is 7.16. The number of benzene rings is 3. The average Bonchev–Trinajstić information content (AvgIpc) is 3.62. The number of hydrogen-bond acceptors (Lipinski definition) is 6. The van der Waals surface area contributed by atoms with Crippen molar-refractivity contribution in [1.82, 2.24) is 9.47 Å². The van der Waals surface area contributed by atoms with E-state index in [0.29, 0.717) is 38.2 Å². The summed E-state index contributed by atoms with van der Waals surface area (Å²) in [7, 11) is -1.86. The summed E-state index contributed by atoms with van der Waals surface area (Å²) in [6, 6.07) is 17.3. The number of ether oxygens (including phenoxy) is 2. The van der Waals surface area contributed by atoms with Gasteiger partial charge in [-0.1, -0.05) is 41.4 Å². The molecular formula is C31H31Cl2N3O5S. The Morgan fingerprint density at radius 1 is 1.05 bits per heavy atom. The second kappa shape index (κ2) is 12.4. The first kappa shape index (κ1) is 30.0. The maximum atomic E-state index is 13.2. The van der Waals surface area contributed by atoms with Crippen LogP contribution in [-0.2, 0) is 14.8 Å². The van der Waals surface area contributed by atoms with Crippen LogP contribution in [0.4, 0.5) is 5.69 Å². The second-order valence-electron chi connectivity index (χ2n) is 10.2. The molecular weight excluding hydrogens is 597 g/mol. The molecule has 3 aromatic carbocycles. The van der Waals surface area contributed by atoms with E-state index in [1.165, 1.54) is 12.3 Å². The highest BCUT2D eigenvalue weighted by Crippen LogP contribution is 2.33. The molecule has 1 aliphatic rings. The van der Waals surface area contributed by atoms with Crippen LogP contribution in [0.3, 0.4) is 0 Å². The van der Waals surface area contributed by atoms with Crippen molar-refractivity contribution in [2.45, 2.75) is 31.3 Å². The van der Waals surface area contributed by atoms with Gasteiger partial charge in [-0.25, -0.2) is 13.2 Å². The molecule has 220 valence electrons. The molecule has 1 atom stereocenters. The smallest absolute Gasteiger partial charge is 0.339 e. The van der Waals surface area contributed by atoms with Crippen LogP contribution < -0.4 is 9.46 Å². The van der Waals surface area contributed by atoms with Gasteiger partial charge in [0.1, 0.15) is 16.7 Å². The van der Waals surface area contributed by atoms with Gasteiger partial charge >= 0.3 is 5.97 Å². The normalized spacial score (nSPS) is 15.5. The van der Waals surface area contributed by atoms with Gasteiger partial charge in [0.2, 0.25) is 0 Å². The van der Waals surface area contributed by atoms with E-state index in [0.717, 1.165) is 30.8 Å². The molecule has 8 nitrogen and oxygen atoms in total. The van der Waals surface area contributed by atoms with E-state index in [2.05, 4.69) is 9.62 Å². The molecule has 0 saturated carbocycles. The van der Waals surface area contributed by atoms with Gasteiger partial charge in [-0.15, -0.1) is 0 Å². The fraction of sp³-hybridized carbons (Fsp3) is 0.258. The van der Waals surface area contributed by atoms with Gasteiger partial charge in [-0.3, -0.25) is 4.72 Å². The van der Waals surface area contributed by atoms with Crippen LogP contribution in [0.2, 0.25) is 10.0 Å². The number of nitrogens with zero attached hydrogens (tertiary/aromatic N) is 2. The Morgan fingerprint density at radius 2 is 1.79 bits per heavy atom. The number of halogens is 2. The fourth-order valence-electron chi connectivity index (χ4n) is 4.94. The van der Waals surface area contributed by atoms with Crippen LogP contribution in [-0.4, -0.2) is 56.7 Å². The first-order valence-electron chi connectivity index (χ1n) is 13.5. The molecule has 4 aromatic rings. The first-order valence-corrected chi connectivity index (χ1v) is 15.7. The van der Waals surface area contributed by atoms with Gasteiger partial charge in [0.05, 0.1) is 22.9 Å². The van der Waals surface area contributed by atoms with Crippen molar-refractivity contribution in [2.24, 2.45) is 0 Å². The SMILES string of the molecule is CCOC(=O)c1c(-c2ccc(-n3ccc(S(=O)(=O)Nc4ccc(Cl)c(OC5CCN(C)C5)c4)c3)cc2)ccc(Cl)c1C. The van der Waals surface area contributed by atoms with Gasteiger partial charge in [0.15, 0.2) is 0 Å². The van der Waals surface area contributed by atoms with E-state index >= 15 is 0 Å². The Hall–Kier alpha value is -3.50. The number of aromatic nitrogens is 1. The zero-order valence-electron chi connectivity index (χ0n) is 23.4. The number of anilines is 1. The number of sulfonamides is 1. The van der Waals surface area contributed by atoms with Gasteiger partial charge in [-0.2, -0.15) is 0 Å². The summed E-state index contributed by atoms with van der Waals surface area (Å²) in [5.41, 5.74) is 3.67. The average molecular weight is 629 g/mol. The monoisotopic (exact) mass is 627 g/mol. The molecule has 1 aliphatic heterocycles. The third kappa shape index (κ3) is 6.44. The molecule has 42 heavy (non-hydrogen) atoms. The fourth-order valence-corrected chi connectivity index (χ4v) is 6.31. The van der Waals surface area contributed by atoms with E-state index < -0.39 is 16.0 Å². The molecule has 0 bridgehead atoms. The molecule has 1 N–H and O–H groups in total. The van der Waals surface area contributed by atoms with Crippen LogP contribution in [0.1, 0.15) is 29.3 Å². The third-order valence-corrected chi connectivity index (χ3v) is 9.24. The second-order valence-corrected chi connectivity index (χ2v) is 12.7. The van der Waals surface area contributed by atoms with Crippen LogP contribution in [0.25, 0.3) is 16.8 Å². The minimum atomic E-state index is -3.89. The zero-order chi connectivity index (χ0) is 30.0. The molecule has 0 amide bonds. The van der Waals surface area contributed by atoms with E-state index in [9.17, 15) is 13.2 Å². The topological polar surface area (TPSA) is 89.9 Å². The Morgan fingerprint density at radius 3 is 2.48 bits per heavy atom. The largest absolute Gasteiger partial charge is 0.487 e. The summed E-state index contributed by atoms with van der Waals surface area (Å²) in [6.07, 6.45) is 4.09. The minimum absolute atomic E-state index is 0.000225. The predicted octanol–water partition coefficient (Wildman–Crippen LogP) is 6.82. The van der Waals surface area contributed by atoms with Crippen LogP contribution in [0, 0.1) is 6.92 Å². The first-order chi connectivity index (χ1) is 20.1. The molecule has 2 heterocycles. The number of rotatable bonds is 9. The van der Waals surface area contributed by atoms with E-state index in [1.807, 2.05) is 31.3 Å². The van der Waals surface area contributed by atoms with Gasteiger partial charge in [-0.05, 0) is 80.4 Å². The Bertz CT molecular complexity index is 1720. The Kier molecular flexibility index (Phi) is 8.84.